The minimum Gasteiger partial charge on any atom is -0.465 e. The molecule has 0 N–H and O–H groups in total. The summed E-state index contributed by atoms with van der Waals surface area (Å²) in [5, 5.41) is 0. The van der Waals surface area contributed by atoms with E-state index in [0.29, 0.717) is 6.61 Å². The predicted molar refractivity (Wildman–Crippen MR) is 73.0 cm³/mol. The van der Waals surface area contributed by atoms with Gasteiger partial charge in [-0.1, -0.05) is 41.4 Å². The highest BCUT2D eigenvalue weighted by Crippen LogP contribution is 2.32. The van der Waals surface area contributed by atoms with Gasteiger partial charge in [0.25, 0.3) is 0 Å². The molecule has 0 saturated heterocycles. The Morgan fingerprint density at radius 1 is 1.41 bits per heavy atom. The van der Waals surface area contributed by atoms with E-state index >= 15 is 0 Å². The average molecular weight is 299 g/mol. The van der Waals surface area contributed by atoms with Crippen molar-refractivity contribution in [3.8, 4) is 0 Å². The average Bonchev–Trinajstić information content (AvgIpc) is 2.29. The Labute approximate surface area is 111 Å². The van der Waals surface area contributed by atoms with Crippen molar-refractivity contribution in [1.29, 1.82) is 0 Å². The molecule has 1 rings (SSSR count). The lowest BCUT2D eigenvalue weighted by molar-refractivity contribution is -0.149. The molecule has 2 nitrogen and oxygen atoms in total. The zero-order valence-corrected chi connectivity index (χ0v) is 12.2. The highest BCUT2D eigenvalue weighted by atomic mass is 79.9. The second kappa shape index (κ2) is 6.20. The number of rotatable bonds is 5. The van der Waals surface area contributed by atoms with Gasteiger partial charge in [-0.25, -0.2) is 0 Å². The van der Waals surface area contributed by atoms with E-state index < -0.39 is 5.41 Å². The van der Waals surface area contributed by atoms with Gasteiger partial charge in [-0.15, -0.1) is 0 Å². The Hall–Kier alpha value is -0.830. The summed E-state index contributed by atoms with van der Waals surface area (Å²) in [6.07, 6.45) is 1.74. The lowest BCUT2D eigenvalue weighted by Gasteiger charge is -2.27. The fourth-order valence-corrected chi connectivity index (χ4v) is 2.39. The summed E-state index contributed by atoms with van der Waals surface area (Å²) in [5.41, 5.74) is 0.460. The number of halogens is 1. The quantitative estimate of drug-likeness (QED) is 0.766. The monoisotopic (exact) mass is 298 g/mol. The number of carbonyl (C=O) groups is 1. The van der Waals surface area contributed by atoms with Crippen molar-refractivity contribution >= 4 is 21.9 Å². The zero-order chi connectivity index (χ0) is 12.9. The van der Waals surface area contributed by atoms with Gasteiger partial charge in [0, 0.05) is 4.47 Å². The highest BCUT2D eigenvalue weighted by Gasteiger charge is 2.35. The molecule has 0 aliphatic carbocycles. The molecule has 1 atom stereocenters. The number of benzene rings is 1. The van der Waals surface area contributed by atoms with E-state index in [1.165, 1.54) is 0 Å². The first-order valence-corrected chi connectivity index (χ1v) is 6.77. The first-order valence-electron chi connectivity index (χ1n) is 5.98. The molecule has 0 aromatic heterocycles. The Kier molecular flexibility index (Phi) is 5.19. The van der Waals surface area contributed by atoms with E-state index in [1.807, 2.05) is 38.1 Å². The topological polar surface area (TPSA) is 26.3 Å². The lowest BCUT2D eigenvalue weighted by Crippen LogP contribution is -2.34. The van der Waals surface area contributed by atoms with Crippen LogP contribution >= 0.6 is 15.9 Å². The van der Waals surface area contributed by atoms with Crippen LogP contribution in [0.3, 0.4) is 0 Å². The molecule has 0 saturated carbocycles. The number of carbonyl (C=O) groups excluding carboxylic acids is 1. The van der Waals surface area contributed by atoms with Crippen LogP contribution < -0.4 is 0 Å². The number of esters is 1. The summed E-state index contributed by atoms with van der Waals surface area (Å²) in [4.78, 5) is 12.1. The SMILES string of the molecule is CCCC(C)(C(=O)OCC)c1cccc(Br)c1. The molecule has 0 fully saturated rings. The lowest BCUT2D eigenvalue weighted by atomic mass is 9.79. The van der Waals surface area contributed by atoms with E-state index in [9.17, 15) is 4.79 Å². The Balaban J connectivity index is 3.10. The molecule has 0 heterocycles. The smallest absolute Gasteiger partial charge is 0.316 e. The van der Waals surface area contributed by atoms with Gasteiger partial charge in [0.1, 0.15) is 0 Å². The molecule has 0 aliphatic rings. The molecule has 1 unspecified atom stereocenters. The van der Waals surface area contributed by atoms with Crippen molar-refractivity contribution in [3.05, 3.63) is 34.3 Å². The van der Waals surface area contributed by atoms with E-state index in [0.717, 1.165) is 22.9 Å². The van der Waals surface area contributed by atoms with Crippen LogP contribution in [0.1, 0.15) is 39.2 Å². The molecular weight excluding hydrogens is 280 g/mol. The fraction of sp³-hybridized carbons (Fsp3) is 0.500. The van der Waals surface area contributed by atoms with E-state index in [4.69, 9.17) is 4.74 Å². The van der Waals surface area contributed by atoms with Crippen LogP contribution in [-0.2, 0) is 14.9 Å². The Morgan fingerprint density at radius 3 is 2.65 bits per heavy atom. The molecule has 0 aliphatic heterocycles. The van der Waals surface area contributed by atoms with Gasteiger partial charge in [0.05, 0.1) is 12.0 Å². The predicted octanol–water partition coefficient (Wildman–Crippen LogP) is 4.07. The van der Waals surface area contributed by atoms with Gasteiger partial charge in [-0.05, 0) is 38.0 Å². The van der Waals surface area contributed by atoms with Crippen LogP contribution in [0.5, 0.6) is 0 Å². The maximum atomic E-state index is 12.1. The Morgan fingerprint density at radius 2 is 2.12 bits per heavy atom. The first kappa shape index (κ1) is 14.2. The summed E-state index contributed by atoms with van der Waals surface area (Å²) in [7, 11) is 0. The third-order valence-electron chi connectivity index (χ3n) is 2.94. The number of hydrogen-bond acceptors (Lipinski definition) is 2. The van der Waals surface area contributed by atoms with E-state index in [-0.39, 0.29) is 5.97 Å². The van der Waals surface area contributed by atoms with Crippen molar-refractivity contribution in [2.75, 3.05) is 6.61 Å². The highest BCUT2D eigenvalue weighted by molar-refractivity contribution is 9.10. The van der Waals surface area contributed by atoms with E-state index in [1.54, 1.807) is 0 Å². The molecule has 17 heavy (non-hydrogen) atoms. The fourth-order valence-electron chi connectivity index (χ4n) is 1.99. The van der Waals surface area contributed by atoms with E-state index in [2.05, 4.69) is 22.9 Å². The third kappa shape index (κ3) is 3.32. The number of ether oxygens (including phenoxy) is 1. The first-order chi connectivity index (χ1) is 8.04. The molecule has 0 amide bonds. The third-order valence-corrected chi connectivity index (χ3v) is 3.43. The molecule has 0 spiro atoms. The van der Waals surface area contributed by atoms with Crippen LogP contribution in [0.4, 0.5) is 0 Å². The summed E-state index contributed by atoms with van der Waals surface area (Å²) >= 11 is 3.44. The Bertz CT molecular complexity index is 390. The molecule has 3 heteroatoms. The maximum Gasteiger partial charge on any atom is 0.316 e. The van der Waals surface area contributed by atoms with Crippen molar-refractivity contribution in [1.82, 2.24) is 0 Å². The van der Waals surface area contributed by atoms with Crippen molar-refractivity contribution in [2.45, 2.75) is 39.0 Å². The standard InChI is InChI=1S/C14H19BrO2/c1-4-9-14(3,13(16)17-5-2)11-7-6-8-12(15)10-11/h6-8,10H,4-5,9H2,1-3H3. The molecule has 1 aromatic rings. The second-order valence-electron chi connectivity index (χ2n) is 4.31. The molecule has 0 bridgehead atoms. The van der Waals surface area contributed by atoms with Crippen molar-refractivity contribution in [2.24, 2.45) is 0 Å². The number of hydrogen-bond donors (Lipinski definition) is 0. The van der Waals surface area contributed by atoms with Gasteiger partial charge in [0.2, 0.25) is 0 Å². The van der Waals surface area contributed by atoms with Crippen LogP contribution in [-0.4, -0.2) is 12.6 Å². The van der Waals surface area contributed by atoms with Crippen LogP contribution in [0.25, 0.3) is 0 Å². The van der Waals surface area contributed by atoms with Crippen LogP contribution in [0.2, 0.25) is 0 Å². The van der Waals surface area contributed by atoms with Crippen LogP contribution in [0.15, 0.2) is 28.7 Å². The summed E-state index contributed by atoms with van der Waals surface area (Å²) in [6, 6.07) is 7.89. The van der Waals surface area contributed by atoms with Crippen LogP contribution in [0, 0.1) is 0 Å². The normalized spacial score (nSPS) is 14.1. The molecule has 0 radical (unpaired) electrons. The summed E-state index contributed by atoms with van der Waals surface area (Å²) in [6.45, 7) is 6.29. The second-order valence-corrected chi connectivity index (χ2v) is 5.23. The molecular formula is C14H19BrO2. The minimum atomic E-state index is -0.547. The zero-order valence-electron chi connectivity index (χ0n) is 10.6. The largest absolute Gasteiger partial charge is 0.465 e. The van der Waals surface area contributed by atoms with Gasteiger partial charge in [0.15, 0.2) is 0 Å². The van der Waals surface area contributed by atoms with Crippen molar-refractivity contribution in [3.63, 3.8) is 0 Å². The van der Waals surface area contributed by atoms with Gasteiger partial charge >= 0.3 is 5.97 Å². The minimum absolute atomic E-state index is 0.139. The summed E-state index contributed by atoms with van der Waals surface area (Å²) < 4.78 is 6.19. The van der Waals surface area contributed by atoms with Crippen molar-refractivity contribution < 1.29 is 9.53 Å². The molecule has 94 valence electrons. The van der Waals surface area contributed by atoms with Gasteiger partial charge in [-0.2, -0.15) is 0 Å². The maximum absolute atomic E-state index is 12.1. The van der Waals surface area contributed by atoms with Gasteiger partial charge < -0.3 is 4.74 Å². The summed E-state index contributed by atoms with van der Waals surface area (Å²) in [5.74, 6) is -0.139. The van der Waals surface area contributed by atoms with Gasteiger partial charge in [-0.3, -0.25) is 4.79 Å². The molecule has 1 aromatic carbocycles.